The highest BCUT2D eigenvalue weighted by atomic mass is 35.5. The Morgan fingerprint density at radius 3 is 2.71 bits per heavy atom. The third kappa shape index (κ3) is 3.01. The summed E-state index contributed by atoms with van der Waals surface area (Å²) in [6.07, 6.45) is -1.17. The van der Waals surface area contributed by atoms with Crippen molar-refractivity contribution in [3.8, 4) is 5.75 Å². The van der Waals surface area contributed by atoms with Gasteiger partial charge in [-0.25, -0.2) is 8.78 Å². The van der Waals surface area contributed by atoms with Gasteiger partial charge >= 0.3 is 0 Å². The van der Waals surface area contributed by atoms with Gasteiger partial charge in [0, 0.05) is 32.1 Å². The van der Waals surface area contributed by atoms with Crippen LogP contribution in [0.5, 0.6) is 5.75 Å². The van der Waals surface area contributed by atoms with Crippen LogP contribution in [0.3, 0.4) is 0 Å². The van der Waals surface area contributed by atoms with Crippen molar-refractivity contribution in [1.82, 2.24) is 14.8 Å². The fourth-order valence-corrected chi connectivity index (χ4v) is 4.64. The third-order valence-electron chi connectivity index (χ3n) is 5.79. The standard InChI is InChI=1S/C20H18ClF2N3O5/c1-20-5-11(27)14-12(16(28)17(29)15(26(14)20)19(31)25(2)7-20)18(30)24-6-8-10(22)4-3-9(21)13(8)23/h3-4,11,27,29H,5-7H2,1-2H3,(H,24,30). The molecule has 8 nitrogen and oxygen atoms in total. The Hall–Kier alpha value is -2.98. The Morgan fingerprint density at radius 2 is 2.03 bits per heavy atom. The van der Waals surface area contributed by atoms with Crippen LogP contribution >= 0.6 is 11.6 Å². The van der Waals surface area contributed by atoms with E-state index >= 15 is 0 Å². The van der Waals surface area contributed by atoms with Gasteiger partial charge in [0.05, 0.1) is 22.4 Å². The van der Waals surface area contributed by atoms with Gasteiger partial charge in [0.25, 0.3) is 11.8 Å². The summed E-state index contributed by atoms with van der Waals surface area (Å²) in [6, 6.07) is 1.96. The fourth-order valence-electron chi connectivity index (χ4n) is 4.46. The summed E-state index contributed by atoms with van der Waals surface area (Å²) in [5, 5.41) is 23.0. The lowest BCUT2D eigenvalue weighted by Crippen LogP contribution is -2.50. The predicted octanol–water partition coefficient (Wildman–Crippen LogP) is 1.65. The zero-order valence-corrected chi connectivity index (χ0v) is 17.3. The lowest BCUT2D eigenvalue weighted by atomic mass is 9.95. The minimum Gasteiger partial charge on any atom is -0.503 e. The molecule has 0 bridgehead atoms. The second kappa shape index (κ2) is 7.03. The second-order valence-electron chi connectivity index (χ2n) is 8.00. The van der Waals surface area contributed by atoms with Crippen molar-refractivity contribution in [3.63, 3.8) is 0 Å². The molecule has 2 amide bonds. The summed E-state index contributed by atoms with van der Waals surface area (Å²) < 4.78 is 29.4. The molecule has 0 radical (unpaired) electrons. The van der Waals surface area contributed by atoms with Gasteiger partial charge in [-0.1, -0.05) is 11.6 Å². The summed E-state index contributed by atoms with van der Waals surface area (Å²) >= 11 is 5.65. The average Bonchev–Trinajstić information content (AvgIpc) is 2.95. The zero-order chi connectivity index (χ0) is 22.8. The Balaban J connectivity index is 1.81. The van der Waals surface area contributed by atoms with Gasteiger partial charge in [0.2, 0.25) is 5.43 Å². The molecule has 2 unspecified atom stereocenters. The number of carbonyl (C=O) groups is 2. The Labute approximate surface area is 179 Å². The van der Waals surface area contributed by atoms with E-state index in [0.717, 1.165) is 12.1 Å². The van der Waals surface area contributed by atoms with Gasteiger partial charge < -0.3 is 25.0 Å². The first-order valence-corrected chi connectivity index (χ1v) is 9.72. The zero-order valence-electron chi connectivity index (χ0n) is 16.5. The van der Waals surface area contributed by atoms with Crippen LogP contribution in [0.2, 0.25) is 5.02 Å². The first kappa shape index (κ1) is 21.3. The Bertz CT molecular complexity index is 1210. The third-order valence-corrected chi connectivity index (χ3v) is 6.09. The number of pyridine rings is 1. The first-order chi connectivity index (χ1) is 14.5. The molecule has 2 aliphatic heterocycles. The topological polar surface area (TPSA) is 112 Å². The largest absolute Gasteiger partial charge is 0.503 e. The number of aliphatic hydroxyl groups excluding tert-OH is 1. The van der Waals surface area contributed by atoms with Gasteiger partial charge in [-0.3, -0.25) is 14.4 Å². The molecule has 4 rings (SSSR count). The number of likely N-dealkylation sites (N-methyl/N-ethyl adjacent to an activating group) is 1. The molecular formula is C20H18ClF2N3O5. The highest BCUT2D eigenvalue weighted by molar-refractivity contribution is 6.30. The number of aromatic hydroxyl groups is 1. The van der Waals surface area contributed by atoms with Crippen LogP contribution in [0, 0.1) is 11.6 Å². The molecule has 2 aliphatic rings. The number of hydrogen-bond donors (Lipinski definition) is 3. The van der Waals surface area contributed by atoms with E-state index in [2.05, 4.69) is 5.32 Å². The fraction of sp³-hybridized carbons (Fsp3) is 0.350. The van der Waals surface area contributed by atoms with Crippen LogP contribution in [0.1, 0.15) is 51.6 Å². The highest BCUT2D eigenvalue weighted by Crippen LogP contribution is 2.45. The molecule has 2 atom stereocenters. The van der Waals surface area contributed by atoms with Crippen LogP contribution in [-0.4, -0.2) is 45.1 Å². The highest BCUT2D eigenvalue weighted by Gasteiger charge is 2.50. The second-order valence-corrected chi connectivity index (χ2v) is 8.41. The summed E-state index contributed by atoms with van der Waals surface area (Å²) in [7, 11) is 1.50. The maximum atomic E-state index is 14.1. The number of nitrogens with zero attached hydrogens (tertiary/aromatic N) is 2. The molecule has 3 N–H and O–H groups in total. The van der Waals surface area contributed by atoms with Gasteiger partial charge in [-0.05, 0) is 19.1 Å². The normalized spacial score (nSPS) is 21.9. The van der Waals surface area contributed by atoms with Gasteiger partial charge in [0.1, 0.15) is 17.2 Å². The Kier molecular flexibility index (Phi) is 4.82. The lowest BCUT2D eigenvalue weighted by Gasteiger charge is -2.39. The van der Waals surface area contributed by atoms with Crippen molar-refractivity contribution >= 4 is 23.4 Å². The van der Waals surface area contributed by atoms with E-state index in [0.29, 0.717) is 0 Å². The van der Waals surface area contributed by atoms with Crippen LogP contribution in [-0.2, 0) is 12.1 Å². The maximum absolute atomic E-state index is 14.1. The number of amides is 2. The molecule has 0 fully saturated rings. The van der Waals surface area contributed by atoms with E-state index in [4.69, 9.17) is 11.6 Å². The van der Waals surface area contributed by atoms with Crippen LogP contribution in [0.25, 0.3) is 0 Å². The number of nitrogens with one attached hydrogen (secondary N) is 1. The van der Waals surface area contributed by atoms with E-state index in [9.17, 15) is 33.4 Å². The minimum absolute atomic E-state index is 0.0956. The first-order valence-electron chi connectivity index (χ1n) is 9.34. The van der Waals surface area contributed by atoms with Crippen LogP contribution < -0.4 is 10.7 Å². The van der Waals surface area contributed by atoms with Gasteiger partial charge in [0.15, 0.2) is 11.4 Å². The van der Waals surface area contributed by atoms with Crippen molar-refractivity contribution in [1.29, 1.82) is 0 Å². The number of carbonyl (C=O) groups excluding carboxylic acids is 2. The van der Waals surface area contributed by atoms with Crippen molar-refractivity contribution in [3.05, 3.63) is 61.5 Å². The van der Waals surface area contributed by atoms with Crippen molar-refractivity contribution in [2.24, 2.45) is 0 Å². The van der Waals surface area contributed by atoms with Crippen molar-refractivity contribution < 1.29 is 28.6 Å². The summed E-state index contributed by atoms with van der Waals surface area (Å²) in [6.45, 7) is 1.28. The predicted molar refractivity (Wildman–Crippen MR) is 105 cm³/mol. The van der Waals surface area contributed by atoms with Gasteiger partial charge in [-0.15, -0.1) is 0 Å². The maximum Gasteiger partial charge on any atom is 0.274 e. The van der Waals surface area contributed by atoms with E-state index in [1.165, 1.54) is 16.5 Å². The molecule has 0 spiro atoms. The molecule has 31 heavy (non-hydrogen) atoms. The molecule has 1 aromatic carbocycles. The molecule has 0 saturated carbocycles. The summed E-state index contributed by atoms with van der Waals surface area (Å²) in [5.74, 6) is -4.61. The van der Waals surface area contributed by atoms with Crippen molar-refractivity contribution in [2.75, 3.05) is 13.6 Å². The van der Waals surface area contributed by atoms with Gasteiger partial charge in [-0.2, -0.15) is 0 Å². The Morgan fingerprint density at radius 1 is 1.35 bits per heavy atom. The number of benzene rings is 1. The quantitative estimate of drug-likeness (QED) is 0.612. The molecule has 164 valence electrons. The summed E-state index contributed by atoms with van der Waals surface area (Å²) in [4.78, 5) is 39.6. The van der Waals surface area contributed by atoms with E-state index in [1.807, 2.05) is 0 Å². The number of hydrogen-bond acceptors (Lipinski definition) is 5. The smallest absolute Gasteiger partial charge is 0.274 e. The average molecular weight is 454 g/mol. The van der Waals surface area contributed by atoms with E-state index in [1.54, 1.807) is 6.92 Å². The number of rotatable bonds is 3. The SMILES string of the molecule is CN1CC2(C)CC(O)c3c(C(=O)NCc4c(F)ccc(Cl)c4F)c(=O)c(O)c(n32)C1=O. The monoisotopic (exact) mass is 453 g/mol. The molecule has 3 heterocycles. The minimum atomic E-state index is -1.27. The molecular weight excluding hydrogens is 436 g/mol. The molecule has 11 heteroatoms. The summed E-state index contributed by atoms with van der Waals surface area (Å²) in [5.41, 5.74) is -3.54. The van der Waals surface area contributed by atoms with E-state index < -0.39 is 63.9 Å². The molecule has 0 saturated heterocycles. The molecule has 0 aliphatic carbocycles. The molecule has 1 aromatic heterocycles. The number of aliphatic hydroxyl groups is 1. The van der Waals surface area contributed by atoms with E-state index in [-0.39, 0.29) is 29.4 Å². The number of halogens is 3. The van der Waals surface area contributed by atoms with Crippen molar-refractivity contribution in [2.45, 2.75) is 31.5 Å². The lowest BCUT2D eigenvalue weighted by molar-refractivity contribution is 0.0607. The molecule has 2 aromatic rings. The van der Waals surface area contributed by atoms with Crippen LogP contribution in [0.4, 0.5) is 8.78 Å². The van der Waals surface area contributed by atoms with Crippen LogP contribution in [0.15, 0.2) is 16.9 Å². The number of aromatic nitrogens is 1.